The predicted octanol–water partition coefficient (Wildman–Crippen LogP) is 3.55. The first-order valence-electron chi connectivity index (χ1n) is 11.7. The highest BCUT2D eigenvalue weighted by atomic mass is 16.5. The monoisotopic (exact) mass is 468 g/mol. The van der Waals surface area contributed by atoms with Crippen LogP contribution in [0.1, 0.15) is 43.2 Å². The van der Waals surface area contributed by atoms with Crippen LogP contribution in [-0.2, 0) is 19.1 Å². The van der Waals surface area contributed by atoms with Gasteiger partial charge in [-0.2, -0.15) is 0 Å². The number of carboxylic acids is 1. The molecule has 3 rings (SSSR count). The van der Waals surface area contributed by atoms with E-state index < -0.39 is 18.0 Å². The summed E-state index contributed by atoms with van der Waals surface area (Å²) in [4.78, 5) is 35.0. The lowest BCUT2D eigenvalue weighted by molar-refractivity contribution is -0.142. The van der Waals surface area contributed by atoms with E-state index in [-0.39, 0.29) is 51.2 Å². The summed E-state index contributed by atoms with van der Waals surface area (Å²) in [5.41, 5.74) is 4.66. The Labute approximate surface area is 199 Å². The number of rotatable bonds is 13. The van der Waals surface area contributed by atoms with Crippen LogP contribution in [0.3, 0.4) is 0 Å². The Kier molecular flexibility index (Phi) is 9.46. The van der Waals surface area contributed by atoms with Crippen molar-refractivity contribution in [3.8, 4) is 11.1 Å². The summed E-state index contributed by atoms with van der Waals surface area (Å²) >= 11 is 0. The summed E-state index contributed by atoms with van der Waals surface area (Å²) in [6.07, 6.45) is 0.878. The van der Waals surface area contributed by atoms with Crippen molar-refractivity contribution in [2.24, 2.45) is 5.92 Å². The minimum atomic E-state index is -0.905. The van der Waals surface area contributed by atoms with E-state index in [4.69, 9.17) is 14.6 Å². The number of hydrogen-bond donors (Lipinski definition) is 3. The lowest BCUT2D eigenvalue weighted by Gasteiger charge is -2.14. The molecule has 0 aromatic heterocycles. The zero-order valence-corrected chi connectivity index (χ0v) is 19.4. The van der Waals surface area contributed by atoms with Crippen molar-refractivity contribution in [1.29, 1.82) is 0 Å². The van der Waals surface area contributed by atoms with Crippen LogP contribution in [0, 0.1) is 5.92 Å². The van der Waals surface area contributed by atoms with Crippen LogP contribution in [0.25, 0.3) is 11.1 Å². The highest BCUT2D eigenvalue weighted by molar-refractivity contribution is 5.79. The Morgan fingerprint density at radius 2 is 1.62 bits per heavy atom. The molecule has 8 heteroatoms. The molecule has 0 heterocycles. The summed E-state index contributed by atoms with van der Waals surface area (Å²) in [6, 6.07) is 16.3. The van der Waals surface area contributed by atoms with E-state index in [0.717, 1.165) is 17.5 Å². The first-order valence-corrected chi connectivity index (χ1v) is 11.7. The molecular weight excluding hydrogens is 436 g/mol. The molecule has 0 bridgehead atoms. The van der Waals surface area contributed by atoms with Gasteiger partial charge >= 0.3 is 12.1 Å². The van der Waals surface area contributed by atoms with Gasteiger partial charge in [0.1, 0.15) is 6.61 Å². The maximum Gasteiger partial charge on any atom is 0.407 e. The number of alkyl carbamates (subject to hydrolysis) is 1. The second-order valence-corrected chi connectivity index (χ2v) is 8.24. The van der Waals surface area contributed by atoms with Crippen molar-refractivity contribution < 1.29 is 29.0 Å². The Balaban J connectivity index is 1.30. The van der Waals surface area contributed by atoms with Gasteiger partial charge < -0.3 is 25.2 Å². The van der Waals surface area contributed by atoms with Crippen LogP contribution in [0.4, 0.5) is 4.79 Å². The van der Waals surface area contributed by atoms with E-state index >= 15 is 0 Å². The fourth-order valence-electron chi connectivity index (χ4n) is 4.13. The summed E-state index contributed by atoms with van der Waals surface area (Å²) in [7, 11) is 0. The van der Waals surface area contributed by atoms with Gasteiger partial charge in [0, 0.05) is 25.4 Å². The van der Waals surface area contributed by atoms with Gasteiger partial charge in [-0.05, 0) is 28.7 Å². The van der Waals surface area contributed by atoms with Gasteiger partial charge in [-0.1, -0.05) is 61.9 Å². The van der Waals surface area contributed by atoms with Crippen molar-refractivity contribution in [2.75, 3.05) is 32.9 Å². The first-order chi connectivity index (χ1) is 16.5. The Hall–Kier alpha value is -3.39. The van der Waals surface area contributed by atoms with Crippen LogP contribution in [0.15, 0.2) is 48.5 Å². The average Bonchev–Trinajstić information content (AvgIpc) is 3.16. The average molecular weight is 469 g/mol. The molecule has 34 heavy (non-hydrogen) atoms. The largest absolute Gasteiger partial charge is 0.481 e. The molecule has 1 atom stereocenters. The Morgan fingerprint density at radius 3 is 2.24 bits per heavy atom. The normalized spacial score (nSPS) is 13.0. The highest BCUT2D eigenvalue weighted by Gasteiger charge is 2.28. The van der Waals surface area contributed by atoms with E-state index in [1.54, 1.807) is 0 Å². The number of amides is 2. The van der Waals surface area contributed by atoms with Gasteiger partial charge in [-0.3, -0.25) is 9.59 Å². The van der Waals surface area contributed by atoms with Crippen molar-refractivity contribution in [2.45, 2.75) is 32.1 Å². The molecular formula is C26H32N2O6. The van der Waals surface area contributed by atoms with Gasteiger partial charge in [0.25, 0.3) is 0 Å². The third-order valence-electron chi connectivity index (χ3n) is 5.86. The molecule has 182 valence electrons. The first kappa shape index (κ1) is 25.2. The van der Waals surface area contributed by atoms with Crippen LogP contribution in [0.5, 0.6) is 0 Å². The van der Waals surface area contributed by atoms with Gasteiger partial charge in [0.2, 0.25) is 5.91 Å². The van der Waals surface area contributed by atoms with Gasteiger partial charge in [0.05, 0.1) is 19.1 Å². The minimum Gasteiger partial charge on any atom is -0.481 e. The molecule has 2 amide bonds. The van der Waals surface area contributed by atoms with E-state index in [1.165, 1.54) is 11.1 Å². The molecule has 0 spiro atoms. The molecule has 8 nitrogen and oxygen atoms in total. The fourth-order valence-corrected chi connectivity index (χ4v) is 4.13. The molecule has 1 aliphatic rings. The number of hydrogen-bond acceptors (Lipinski definition) is 5. The predicted molar refractivity (Wildman–Crippen MR) is 128 cm³/mol. The maximum absolute atomic E-state index is 12.1. The second-order valence-electron chi connectivity index (χ2n) is 8.24. The number of ether oxygens (including phenoxy) is 2. The highest BCUT2D eigenvalue weighted by Crippen LogP contribution is 2.44. The topological polar surface area (TPSA) is 114 Å². The number of benzene rings is 2. The van der Waals surface area contributed by atoms with Crippen LogP contribution in [0.2, 0.25) is 0 Å². The van der Waals surface area contributed by atoms with E-state index in [9.17, 15) is 14.4 Å². The molecule has 3 N–H and O–H groups in total. The summed E-state index contributed by atoms with van der Waals surface area (Å²) in [6.45, 7) is 2.95. The third kappa shape index (κ3) is 6.81. The maximum atomic E-state index is 12.1. The minimum absolute atomic E-state index is 0.00552. The van der Waals surface area contributed by atoms with E-state index in [1.807, 2.05) is 31.2 Å². The van der Waals surface area contributed by atoms with Crippen molar-refractivity contribution in [1.82, 2.24) is 10.6 Å². The number of fused-ring (bicyclic) bond motifs is 3. The van der Waals surface area contributed by atoms with Crippen molar-refractivity contribution in [3.63, 3.8) is 0 Å². The summed E-state index contributed by atoms with van der Waals surface area (Å²) in [5.74, 6) is -1.73. The van der Waals surface area contributed by atoms with Gasteiger partial charge in [-0.15, -0.1) is 0 Å². The lowest BCUT2D eigenvalue weighted by atomic mass is 9.98. The molecule has 0 aliphatic heterocycles. The lowest BCUT2D eigenvalue weighted by Crippen LogP contribution is -2.33. The van der Waals surface area contributed by atoms with Crippen molar-refractivity contribution in [3.05, 3.63) is 59.7 Å². The number of carbonyl (C=O) groups is 3. The molecule has 0 saturated heterocycles. The SMILES string of the molecule is CCCC(CNC(=O)CCOCCNC(=O)OCC1c2ccccc2-c2ccccc21)C(=O)O. The van der Waals surface area contributed by atoms with Gasteiger partial charge in [-0.25, -0.2) is 4.79 Å². The molecule has 0 radical (unpaired) electrons. The summed E-state index contributed by atoms with van der Waals surface area (Å²) in [5, 5.41) is 14.4. The number of aliphatic carboxylic acids is 1. The molecule has 2 aromatic carbocycles. The van der Waals surface area contributed by atoms with Crippen LogP contribution >= 0.6 is 0 Å². The van der Waals surface area contributed by atoms with Crippen molar-refractivity contribution >= 4 is 18.0 Å². The fraction of sp³-hybridized carbons (Fsp3) is 0.423. The second kappa shape index (κ2) is 12.7. The quantitative estimate of drug-likeness (QED) is 0.388. The zero-order valence-electron chi connectivity index (χ0n) is 19.4. The van der Waals surface area contributed by atoms with E-state index in [2.05, 4.69) is 34.9 Å². The summed E-state index contributed by atoms with van der Waals surface area (Å²) < 4.78 is 10.8. The molecule has 0 fully saturated rings. The zero-order chi connectivity index (χ0) is 24.3. The third-order valence-corrected chi connectivity index (χ3v) is 5.86. The van der Waals surface area contributed by atoms with Gasteiger partial charge in [0.15, 0.2) is 0 Å². The standard InChI is InChI=1S/C26H32N2O6/c1-2-7-18(25(30)31)16-28-24(29)12-14-33-15-13-27-26(32)34-17-23-21-10-5-3-8-19(21)20-9-4-6-11-22(20)23/h3-6,8-11,18,23H,2,7,12-17H2,1H3,(H,27,32)(H,28,29)(H,30,31). The smallest absolute Gasteiger partial charge is 0.407 e. The number of carbonyl (C=O) groups excluding carboxylic acids is 2. The molecule has 1 unspecified atom stereocenters. The molecule has 2 aromatic rings. The van der Waals surface area contributed by atoms with Crippen LogP contribution in [-0.4, -0.2) is 56.0 Å². The van der Waals surface area contributed by atoms with E-state index in [0.29, 0.717) is 6.42 Å². The van der Waals surface area contributed by atoms with Crippen LogP contribution < -0.4 is 10.6 Å². The Morgan fingerprint density at radius 1 is 0.971 bits per heavy atom. The number of carboxylic acid groups (broad SMARTS) is 1. The molecule has 1 aliphatic carbocycles. The Bertz CT molecular complexity index is 947. The number of nitrogens with one attached hydrogen (secondary N) is 2. The molecule has 0 saturated carbocycles.